The summed E-state index contributed by atoms with van der Waals surface area (Å²) in [4.78, 5) is 0. The predicted octanol–water partition coefficient (Wildman–Crippen LogP) is 6.33. The van der Waals surface area contributed by atoms with Crippen LogP contribution in [0.2, 0.25) is 0 Å². The summed E-state index contributed by atoms with van der Waals surface area (Å²) in [6, 6.07) is 11.2. The molecule has 0 heterocycles. The maximum Gasteiger partial charge on any atom is 0.126 e. The molecule has 2 aromatic carbocycles. The maximum atomic E-state index is 5.67. The van der Waals surface area contributed by atoms with Crippen molar-refractivity contribution in [2.24, 2.45) is 0 Å². The highest BCUT2D eigenvalue weighted by Gasteiger charge is 2.37. The number of ether oxygens (including phenoxy) is 1. The molecule has 0 fully saturated rings. The average molecular weight is 322 g/mol. The second-order valence-electron chi connectivity index (χ2n) is 8.63. The van der Waals surface area contributed by atoms with E-state index in [9.17, 15) is 0 Å². The zero-order chi connectivity index (χ0) is 17.7. The molecule has 0 unspecified atom stereocenters. The molecule has 0 radical (unpaired) electrons. The third kappa shape index (κ3) is 2.64. The molecule has 1 aliphatic rings. The molecule has 1 nitrogen and oxygen atoms in total. The van der Waals surface area contributed by atoms with Gasteiger partial charge in [0.05, 0.1) is 7.11 Å². The van der Waals surface area contributed by atoms with Crippen LogP contribution >= 0.6 is 0 Å². The molecule has 0 aliphatic heterocycles. The fraction of sp³-hybridized carbons (Fsp3) is 0.478. The Morgan fingerprint density at radius 3 is 2.00 bits per heavy atom. The van der Waals surface area contributed by atoms with E-state index in [-0.39, 0.29) is 10.8 Å². The lowest BCUT2D eigenvalue weighted by molar-refractivity contribution is 0.332. The molecule has 0 saturated carbocycles. The third-order valence-electron chi connectivity index (χ3n) is 5.92. The summed E-state index contributed by atoms with van der Waals surface area (Å²) in [6.07, 6.45) is 2.49. The first-order valence-electron chi connectivity index (χ1n) is 8.97. The van der Waals surface area contributed by atoms with Crippen LogP contribution in [0.5, 0.6) is 5.75 Å². The molecule has 0 N–H and O–H groups in total. The van der Waals surface area contributed by atoms with Crippen LogP contribution in [0.3, 0.4) is 0 Å². The molecule has 0 aromatic heterocycles. The van der Waals surface area contributed by atoms with E-state index in [1.165, 1.54) is 46.2 Å². The molecular weight excluding hydrogens is 292 g/mol. The molecule has 0 amide bonds. The zero-order valence-electron chi connectivity index (χ0n) is 16.2. The number of hydrogen-bond donors (Lipinski definition) is 0. The summed E-state index contributed by atoms with van der Waals surface area (Å²) in [5.74, 6) is 0.964. The Labute approximate surface area is 147 Å². The molecule has 1 heteroatoms. The Bertz CT molecular complexity index is 781. The van der Waals surface area contributed by atoms with Crippen molar-refractivity contribution in [1.82, 2.24) is 0 Å². The summed E-state index contributed by atoms with van der Waals surface area (Å²) in [5, 5.41) is 0. The summed E-state index contributed by atoms with van der Waals surface area (Å²) >= 11 is 0. The summed E-state index contributed by atoms with van der Waals surface area (Å²) in [5.41, 5.74) is 8.66. The van der Waals surface area contributed by atoms with Crippen LogP contribution in [0.1, 0.15) is 62.8 Å². The van der Waals surface area contributed by atoms with E-state index in [1.807, 2.05) is 0 Å². The van der Waals surface area contributed by atoms with Gasteiger partial charge in [0.15, 0.2) is 0 Å². The summed E-state index contributed by atoms with van der Waals surface area (Å²) in [7, 11) is 1.76. The largest absolute Gasteiger partial charge is 0.496 e. The minimum absolute atomic E-state index is 0.225. The van der Waals surface area contributed by atoms with Crippen LogP contribution in [0.15, 0.2) is 30.3 Å². The van der Waals surface area contributed by atoms with Gasteiger partial charge in [-0.05, 0) is 77.5 Å². The first-order valence-corrected chi connectivity index (χ1v) is 8.97. The fourth-order valence-electron chi connectivity index (χ4n) is 4.15. The summed E-state index contributed by atoms with van der Waals surface area (Å²) in [6.45, 7) is 13.9. The number of methoxy groups -OCH3 is 1. The number of rotatable bonds is 2. The molecule has 1 aliphatic carbocycles. The number of benzene rings is 2. The lowest BCUT2D eigenvalue weighted by Gasteiger charge is -2.42. The predicted molar refractivity (Wildman–Crippen MR) is 103 cm³/mol. The minimum atomic E-state index is 0.225. The molecule has 128 valence electrons. The van der Waals surface area contributed by atoms with Gasteiger partial charge in [0.2, 0.25) is 0 Å². The van der Waals surface area contributed by atoms with E-state index >= 15 is 0 Å². The van der Waals surface area contributed by atoms with Crippen molar-refractivity contribution in [1.29, 1.82) is 0 Å². The highest BCUT2D eigenvalue weighted by atomic mass is 16.5. The molecule has 3 rings (SSSR count). The van der Waals surface area contributed by atoms with Gasteiger partial charge >= 0.3 is 0 Å². The zero-order valence-corrected chi connectivity index (χ0v) is 16.2. The topological polar surface area (TPSA) is 9.23 Å². The Hall–Kier alpha value is -1.76. The van der Waals surface area contributed by atoms with E-state index in [0.717, 1.165) is 5.75 Å². The van der Waals surface area contributed by atoms with Crippen LogP contribution in [0.4, 0.5) is 0 Å². The van der Waals surface area contributed by atoms with Crippen LogP contribution in [-0.4, -0.2) is 7.11 Å². The first-order chi connectivity index (χ1) is 11.2. The van der Waals surface area contributed by atoms with Crippen molar-refractivity contribution in [3.8, 4) is 16.9 Å². The van der Waals surface area contributed by atoms with Crippen molar-refractivity contribution in [3.05, 3.63) is 52.6 Å². The smallest absolute Gasteiger partial charge is 0.126 e. The number of hydrogen-bond acceptors (Lipinski definition) is 1. The van der Waals surface area contributed by atoms with Gasteiger partial charge < -0.3 is 4.74 Å². The molecule has 0 saturated heterocycles. The van der Waals surface area contributed by atoms with Crippen molar-refractivity contribution >= 4 is 0 Å². The third-order valence-corrected chi connectivity index (χ3v) is 5.92. The van der Waals surface area contributed by atoms with Gasteiger partial charge in [0, 0.05) is 5.56 Å². The number of aryl methyl sites for hydroxylation is 2. The van der Waals surface area contributed by atoms with Crippen LogP contribution in [0.25, 0.3) is 11.1 Å². The lowest BCUT2D eigenvalue weighted by atomic mass is 9.62. The molecule has 0 spiro atoms. The van der Waals surface area contributed by atoms with Gasteiger partial charge in [0.1, 0.15) is 5.75 Å². The lowest BCUT2D eigenvalue weighted by Crippen LogP contribution is -2.34. The van der Waals surface area contributed by atoms with E-state index < -0.39 is 0 Å². The summed E-state index contributed by atoms with van der Waals surface area (Å²) < 4.78 is 5.67. The standard InChI is InChI=1S/C23H30O/c1-15-9-8-10-20(24-7)21(15)17-14-19-18(13-16(17)2)22(3,4)11-12-23(19,5)6/h8-10,13-14H,11-12H2,1-7H3. The minimum Gasteiger partial charge on any atom is -0.496 e. The van der Waals surface area contributed by atoms with Crippen molar-refractivity contribution < 1.29 is 4.74 Å². The SMILES string of the molecule is COc1cccc(C)c1-c1cc2c(cc1C)C(C)(C)CCC2(C)C. The second-order valence-corrected chi connectivity index (χ2v) is 8.63. The average Bonchev–Trinajstić information content (AvgIpc) is 2.52. The van der Waals surface area contributed by atoms with E-state index in [4.69, 9.17) is 4.74 Å². The van der Waals surface area contributed by atoms with Gasteiger partial charge in [-0.25, -0.2) is 0 Å². The van der Waals surface area contributed by atoms with E-state index in [0.29, 0.717) is 0 Å². The fourth-order valence-corrected chi connectivity index (χ4v) is 4.15. The molecule has 2 aromatic rings. The van der Waals surface area contributed by atoms with Gasteiger partial charge in [-0.3, -0.25) is 0 Å². The van der Waals surface area contributed by atoms with Crippen LogP contribution in [-0.2, 0) is 10.8 Å². The second kappa shape index (κ2) is 5.65. The van der Waals surface area contributed by atoms with Gasteiger partial charge in [-0.2, -0.15) is 0 Å². The Morgan fingerprint density at radius 1 is 0.833 bits per heavy atom. The van der Waals surface area contributed by atoms with E-state index in [1.54, 1.807) is 7.11 Å². The van der Waals surface area contributed by atoms with Crippen molar-refractivity contribution in [2.45, 2.75) is 65.2 Å². The Balaban J connectivity index is 2.31. The molecule has 0 bridgehead atoms. The van der Waals surface area contributed by atoms with E-state index in [2.05, 4.69) is 71.9 Å². The van der Waals surface area contributed by atoms with Crippen LogP contribution in [0, 0.1) is 13.8 Å². The molecule has 24 heavy (non-hydrogen) atoms. The maximum absolute atomic E-state index is 5.67. The van der Waals surface area contributed by atoms with Crippen LogP contribution < -0.4 is 4.74 Å². The quantitative estimate of drug-likeness (QED) is 0.628. The monoisotopic (exact) mass is 322 g/mol. The van der Waals surface area contributed by atoms with Crippen molar-refractivity contribution in [3.63, 3.8) is 0 Å². The van der Waals surface area contributed by atoms with Gasteiger partial charge in [-0.1, -0.05) is 45.9 Å². The first kappa shape index (κ1) is 17.1. The molecule has 0 atom stereocenters. The Kier molecular flexibility index (Phi) is 4.02. The number of fused-ring (bicyclic) bond motifs is 1. The van der Waals surface area contributed by atoms with Gasteiger partial charge in [0.25, 0.3) is 0 Å². The normalized spacial score (nSPS) is 18.1. The molecular formula is C23H30O. The van der Waals surface area contributed by atoms with Gasteiger partial charge in [-0.15, -0.1) is 0 Å². The Morgan fingerprint density at radius 2 is 1.42 bits per heavy atom. The van der Waals surface area contributed by atoms with Crippen molar-refractivity contribution in [2.75, 3.05) is 7.11 Å². The highest BCUT2D eigenvalue weighted by molar-refractivity contribution is 5.78. The highest BCUT2D eigenvalue weighted by Crippen LogP contribution is 2.48.